The van der Waals surface area contributed by atoms with Gasteiger partial charge in [-0.2, -0.15) is 5.10 Å². The van der Waals surface area contributed by atoms with Crippen LogP contribution in [0.1, 0.15) is 16.7 Å². The summed E-state index contributed by atoms with van der Waals surface area (Å²) in [5.41, 5.74) is 6.77. The molecule has 1 N–H and O–H groups in total. The third-order valence-corrected chi connectivity index (χ3v) is 5.73. The van der Waals surface area contributed by atoms with Crippen LogP contribution in [0.4, 0.5) is 5.82 Å². The highest BCUT2D eigenvalue weighted by atomic mass is 15.3. The lowest BCUT2D eigenvalue weighted by molar-refractivity contribution is 0.260. The van der Waals surface area contributed by atoms with Gasteiger partial charge in [-0.1, -0.05) is 54.6 Å². The first-order valence-electron chi connectivity index (χ1n) is 9.55. The summed E-state index contributed by atoms with van der Waals surface area (Å²) in [6, 6.07) is 19.5. The van der Waals surface area contributed by atoms with Crippen molar-refractivity contribution in [2.24, 2.45) is 0 Å². The highest BCUT2D eigenvalue weighted by Gasteiger charge is 2.28. The zero-order valence-electron chi connectivity index (χ0n) is 15.0. The Kier molecular flexibility index (Phi) is 3.98. The lowest BCUT2D eigenvalue weighted by Gasteiger charge is -2.35. The molecule has 4 heteroatoms. The van der Waals surface area contributed by atoms with Gasteiger partial charge in [0.1, 0.15) is 0 Å². The van der Waals surface area contributed by atoms with Crippen molar-refractivity contribution in [1.29, 1.82) is 0 Å². The number of anilines is 1. The number of piperazine rings is 1. The predicted molar refractivity (Wildman–Crippen MR) is 106 cm³/mol. The zero-order chi connectivity index (χ0) is 17.3. The second-order valence-corrected chi connectivity index (χ2v) is 7.30. The van der Waals surface area contributed by atoms with Crippen molar-refractivity contribution >= 4 is 5.82 Å². The number of H-pyrrole nitrogens is 1. The second kappa shape index (κ2) is 6.61. The summed E-state index contributed by atoms with van der Waals surface area (Å²) in [4.78, 5) is 5.03. The molecule has 0 unspecified atom stereocenters. The van der Waals surface area contributed by atoms with E-state index in [0.717, 1.165) is 45.6 Å². The molecule has 2 aromatic carbocycles. The first kappa shape index (κ1) is 15.6. The molecule has 3 aromatic rings. The molecule has 2 heterocycles. The van der Waals surface area contributed by atoms with Crippen LogP contribution in [0.15, 0.2) is 54.6 Å². The monoisotopic (exact) mass is 344 g/mol. The lowest BCUT2D eigenvalue weighted by Crippen LogP contribution is -2.47. The average Bonchev–Trinajstić information content (AvgIpc) is 3.27. The van der Waals surface area contributed by atoms with E-state index in [4.69, 9.17) is 0 Å². The zero-order valence-corrected chi connectivity index (χ0v) is 15.0. The summed E-state index contributed by atoms with van der Waals surface area (Å²) in [7, 11) is 0. The van der Waals surface area contributed by atoms with E-state index in [9.17, 15) is 0 Å². The van der Waals surface area contributed by atoms with Crippen LogP contribution in [0.5, 0.6) is 0 Å². The van der Waals surface area contributed by atoms with E-state index >= 15 is 0 Å². The largest absolute Gasteiger partial charge is 0.352 e. The Morgan fingerprint density at radius 1 is 0.885 bits per heavy atom. The molecule has 1 saturated heterocycles. The van der Waals surface area contributed by atoms with Crippen LogP contribution in [0.2, 0.25) is 0 Å². The number of hydrogen-bond acceptors (Lipinski definition) is 3. The summed E-state index contributed by atoms with van der Waals surface area (Å²) in [5, 5.41) is 7.95. The van der Waals surface area contributed by atoms with Crippen molar-refractivity contribution in [2.45, 2.75) is 12.8 Å². The van der Waals surface area contributed by atoms with Crippen molar-refractivity contribution in [3.8, 4) is 11.3 Å². The number of nitrogens with one attached hydrogen (secondary N) is 1. The minimum absolute atomic E-state index is 1.01. The van der Waals surface area contributed by atoms with Gasteiger partial charge in [-0.25, -0.2) is 0 Å². The summed E-state index contributed by atoms with van der Waals surface area (Å²) in [5.74, 6) is 1.17. The van der Waals surface area contributed by atoms with E-state index in [2.05, 4.69) is 74.6 Å². The second-order valence-electron chi connectivity index (χ2n) is 7.30. The number of fused-ring (bicyclic) bond motifs is 3. The normalized spacial score (nSPS) is 16.5. The van der Waals surface area contributed by atoms with Crippen LogP contribution < -0.4 is 4.90 Å². The summed E-state index contributed by atoms with van der Waals surface area (Å²) >= 11 is 0. The Morgan fingerprint density at radius 3 is 2.50 bits per heavy atom. The van der Waals surface area contributed by atoms with Crippen molar-refractivity contribution < 1.29 is 0 Å². The third kappa shape index (κ3) is 2.80. The molecule has 0 radical (unpaired) electrons. The Bertz CT molecular complexity index is 892. The van der Waals surface area contributed by atoms with Crippen molar-refractivity contribution in [2.75, 3.05) is 37.6 Å². The number of aromatic nitrogens is 2. The van der Waals surface area contributed by atoms with E-state index in [0.29, 0.717) is 0 Å². The van der Waals surface area contributed by atoms with E-state index in [-0.39, 0.29) is 0 Å². The molecule has 5 rings (SSSR count). The molecular formula is C22H24N4. The molecule has 26 heavy (non-hydrogen) atoms. The van der Waals surface area contributed by atoms with Gasteiger partial charge in [0.2, 0.25) is 0 Å². The fourth-order valence-electron chi connectivity index (χ4n) is 4.23. The first-order valence-corrected chi connectivity index (χ1v) is 9.55. The topological polar surface area (TPSA) is 35.2 Å². The Morgan fingerprint density at radius 2 is 1.65 bits per heavy atom. The van der Waals surface area contributed by atoms with E-state index in [1.54, 1.807) is 0 Å². The lowest BCUT2D eigenvalue weighted by atomic mass is 10.1. The minimum Gasteiger partial charge on any atom is -0.352 e. The van der Waals surface area contributed by atoms with Crippen molar-refractivity contribution in [3.63, 3.8) is 0 Å². The molecule has 2 aliphatic rings. The molecule has 0 amide bonds. The number of nitrogens with zero attached hydrogens (tertiary/aromatic N) is 3. The number of benzene rings is 2. The number of aromatic amines is 1. The molecule has 1 aliphatic carbocycles. The number of rotatable bonds is 4. The molecule has 1 fully saturated rings. The van der Waals surface area contributed by atoms with Gasteiger partial charge in [0.15, 0.2) is 5.82 Å². The molecular weight excluding hydrogens is 320 g/mol. The number of hydrogen-bond donors (Lipinski definition) is 1. The van der Waals surface area contributed by atoms with Crippen LogP contribution in [0, 0.1) is 0 Å². The quantitative estimate of drug-likeness (QED) is 0.617. The van der Waals surface area contributed by atoms with Gasteiger partial charge in [0, 0.05) is 50.3 Å². The Hall–Kier alpha value is -2.59. The van der Waals surface area contributed by atoms with Gasteiger partial charge < -0.3 is 4.90 Å². The molecule has 132 valence electrons. The van der Waals surface area contributed by atoms with Gasteiger partial charge in [-0.3, -0.25) is 10.00 Å². The predicted octanol–water partition coefficient (Wildman–Crippen LogP) is 3.35. The molecule has 0 saturated carbocycles. The third-order valence-electron chi connectivity index (χ3n) is 5.73. The van der Waals surface area contributed by atoms with Crippen molar-refractivity contribution in [1.82, 2.24) is 15.1 Å². The van der Waals surface area contributed by atoms with Gasteiger partial charge >= 0.3 is 0 Å². The standard InChI is InChI=1S/C22H24N4/c1-2-6-17(7-3-1)10-11-25-12-14-26(15-13-25)22-20-16-18-8-4-5-9-19(18)21(20)23-24-22/h1-9H,10-16H2,(H,23,24). The first-order chi connectivity index (χ1) is 12.9. The van der Waals surface area contributed by atoms with Crippen LogP contribution in [-0.4, -0.2) is 47.8 Å². The van der Waals surface area contributed by atoms with Gasteiger partial charge in [0.05, 0.1) is 5.69 Å². The van der Waals surface area contributed by atoms with E-state index in [1.807, 2.05) is 0 Å². The maximum atomic E-state index is 4.66. The molecule has 0 atom stereocenters. The summed E-state index contributed by atoms with van der Waals surface area (Å²) in [6.45, 7) is 5.48. The Balaban J connectivity index is 1.22. The fraction of sp³-hybridized carbons (Fsp3) is 0.318. The maximum absolute atomic E-state index is 4.66. The van der Waals surface area contributed by atoms with E-state index in [1.165, 1.54) is 33.8 Å². The van der Waals surface area contributed by atoms with Crippen LogP contribution >= 0.6 is 0 Å². The molecule has 4 nitrogen and oxygen atoms in total. The average molecular weight is 344 g/mol. The highest BCUT2D eigenvalue weighted by molar-refractivity contribution is 5.78. The summed E-state index contributed by atoms with van der Waals surface area (Å²) < 4.78 is 0. The molecule has 1 aromatic heterocycles. The van der Waals surface area contributed by atoms with Crippen LogP contribution in [0.3, 0.4) is 0 Å². The maximum Gasteiger partial charge on any atom is 0.154 e. The minimum atomic E-state index is 1.01. The van der Waals surface area contributed by atoms with Crippen molar-refractivity contribution in [3.05, 3.63) is 71.3 Å². The highest BCUT2D eigenvalue weighted by Crippen LogP contribution is 2.39. The van der Waals surface area contributed by atoms with Crippen LogP contribution in [0.25, 0.3) is 11.3 Å². The van der Waals surface area contributed by atoms with Gasteiger partial charge in [-0.05, 0) is 17.5 Å². The molecule has 1 aliphatic heterocycles. The SMILES string of the molecule is c1ccc(CCN2CCN(c3n[nH]c4c3Cc3ccccc3-4)CC2)cc1. The molecule has 0 bridgehead atoms. The Labute approximate surface area is 154 Å². The summed E-state index contributed by atoms with van der Waals surface area (Å²) in [6.07, 6.45) is 2.14. The smallest absolute Gasteiger partial charge is 0.154 e. The van der Waals surface area contributed by atoms with Crippen LogP contribution in [-0.2, 0) is 12.8 Å². The van der Waals surface area contributed by atoms with Gasteiger partial charge in [0.25, 0.3) is 0 Å². The fourth-order valence-corrected chi connectivity index (χ4v) is 4.23. The molecule has 0 spiro atoms. The van der Waals surface area contributed by atoms with E-state index < -0.39 is 0 Å². The van der Waals surface area contributed by atoms with Gasteiger partial charge in [-0.15, -0.1) is 0 Å².